The van der Waals surface area contributed by atoms with Gasteiger partial charge in [0.1, 0.15) is 12.4 Å². The Morgan fingerprint density at radius 2 is 2.05 bits per heavy atom. The van der Waals surface area contributed by atoms with Gasteiger partial charge in [-0.15, -0.1) is 11.8 Å². The second-order valence-corrected chi connectivity index (χ2v) is 5.63. The standard InChI is InChI=1S/C17H15ClO2S/c1-20-15-9-8-13(5-4-10-19)14(11-15)12-21-17-7-3-2-6-16(17)18/h2-3,6-9,11,19H,10,12H2,1H3. The average molecular weight is 319 g/mol. The molecule has 0 saturated carbocycles. The van der Waals surface area contributed by atoms with Crippen LogP contribution in [0.15, 0.2) is 47.4 Å². The van der Waals surface area contributed by atoms with Crippen LogP contribution in [0.25, 0.3) is 0 Å². The summed E-state index contributed by atoms with van der Waals surface area (Å²) in [5, 5.41) is 9.59. The molecule has 2 rings (SSSR count). The van der Waals surface area contributed by atoms with Gasteiger partial charge in [0, 0.05) is 16.2 Å². The van der Waals surface area contributed by atoms with Gasteiger partial charge >= 0.3 is 0 Å². The Bertz CT molecular complexity index is 674. The van der Waals surface area contributed by atoms with Gasteiger partial charge in [0.2, 0.25) is 0 Å². The zero-order valence-electron chi connectivity index (χ0n) is 11.6. The van der Waals surface area contributed by atoms with Gasteiger partial charge in [-0.1, -0.05) is 35.6 Å². The molecule has 0 saturated heterocycles. The molecule has 0 spiro atoms. The summed E-state index contributed by atoms with van der Waals surface area (Å²) in [5.74, 6) is 7.17. The SMILES string of the molecule is COc1ccc(C#CCO)c(CSc2ccccc2Cl)c1. The third kappa shape index (κ3) is 4.44. The molecular weight excluding hydrogens is 304 g/mol. The van der Waals surface area contributed by atoms with E-state index in [2.05, 4.69) is 11.8 Å². The molecule has 0 aliphatic carbocycles. The van der Waals surface area contributed by atoms with Crippen molar-refractivity contribution in [3.05, 3.63) is 58.6 Å². The second-order valence-electron chi connectivity index (χ2n) is 4.20. The summed E-state index contributed by atoms with van der Waals surface area (Å²) in [5.41, 5.74) is 1.95. The first-order valence-corrected chi connectivity index (χ1v) is 7.75. The minimum Gasteiger partial charge on any atom is -0.497 e. The van der Waals surface area contributed by atoms with Crippen molar-refractivity contribution in [2.24, 2.45) is 0 Å². The Hall–Kier alpha value is -1.60. The number of halogens is 1. The van der Waals surface area contributed by atoms with E-state index in [1.807, 2.05) is 42.5 Å². The van der Waals surface area contributed by atoms with Crippen molar-refractivity contribution in [2.45, 2.75) is 10.6 Å². The molecule has 0 aliphatic heterocycles. The first-order chi connectivity index (χ1) is 10.2. The summed E-state index contributed by atoms with van der Waals surface area (Å²) in [4.78, 5) is 1.03. The van der Waals surface area contributed by atoms with Crippen LogP contribution in [-0.2, 0) is 5.75 Å². The molecule has 0 aromatic heterocycles. The van der Waals surface area contributed by atoms with Crippen molar-refractivity contribution in [1.29, 1.82) is 0 Å². The maximum atomic E-state index is 8.84. The number of methoxy groups -OCH3 is 1. The number of aliphatic hydroxyl groups is 1. The molecule has 0 heterocycles. The smallest absolute Gasteiger partial charge is 0.119 e. The molecule has 0 fully saturated rings. The molecule has 0 radical (unpaired) electrons. The van der Waals surface area contributed by atoms with Gasteiger partial charge in [0.05, 0.1) is 12.1 Å². The van der Waals surface area contributed by atoms with Crippen LogP contribution in [-0.4, -0.2) is 18.8 Å². The number of hydrogen-bond acceptors (Lipinski definition) is 3. The number of benzene rings is 2. The zero-order valence-corrected chi connectivity index (χ0v) is 13.2. The van der Waals surface area contributed by atoms with Crippen LogP contribution in [0.5, 0.6) is 5.75 Å². The number of aliphatic hydroxyl groups excluding tert-OH is 1. The fraction of sp³-hybridized carbons (Fsp3) is 0.176. The van der Waals surface area contributed by atoms with Gasteiger partial charge in [-0.25, -0.2) is 0 Å². The maximum Gasteiger partial charge on any atom is 0.119 e. The highest BCUT2D eigenvalue weighted by Crippen LogP contribution is 2.31. The molecule has 0 aliphatic rings. The summed E-state index contributed by atoms with van der Waals surface area (Å²) in [6, 6.07) is 13.5. The zero-order chi connectivity index (χ0) is 15.1. The third-order valence-electron chi connectivity index (χ3n) is 2.83. The molecule has 4 heteroatoms. The van der Waals surface area contributed by atoms with E-state index in [9.17, 15) is 0 Å². The molecule has 2 aromatic rings. The van der Waals surface area contributed by atoms with Crippen molar-refractivity contribution in [3.8, 4) is 17.6 Å². The molecule has 2 aromatic carbocycles. The Balaban J connectivity index is 2.23. The predicted octanol–water partition coefficient (Wildman–Crippen LogP) is 3.98. The van der Waals surface area contributed by atoms with Gasteiger partial charge in [-0.2, -0.15) is 0 Å². The second kappa shape index (κ2) is 7.99. The van der Waals surface area contributed by atoms with Crippen LogP contribution in [0.2, 0.25) is 5.02 Å². The van der Waals surface area contributed by atoms with Gasteiger partial charge < -0.3 is 9.84 Å². The Kier molecular flexibility index (Phi) is 6.01. The van der Waals surface area contributed by atoms with E-state index < -0.39 is 0 Å². The third-order valence-corrected chi connectivity index (χ3v) is 4.40. The quantitative estimate of drug-likeness (QED) is 0.683. The number of rotatable bonds is 4. The van der Waals surface area contributed by atoms with Crippen LogP contribution in [0.4, 0.5) is 0 Å². The predicted molar refractivity (Wildman–Crippen MR) is 88.0 cm³/mol. The summed E-state index contributed by atoms with van der Waals surface area (Å²) in [7, 11) is 1.64. The lowest BCUT2D eigenvalue weighted by molar-refractivity contribution is 0.350. The van der Waals surface area contributed by atoms with Gasteiger partial charge in [-0.05, 0) is 35.9 Å². The van der Waals surface area contributed by atoms with Gasteiger partial charge in [0.25, 0.3) is 0 Å². The number of hydrogen-bond donors (Lipinski definition) is 1. The van der Waals surface area contributed by atoms with E-state index in [-0.39, 0.29) is 6.61 Å². The highest BCUT2D eigenvalue weighted by atomic mass is 35.5. The lowest BCUT2D eigenvalue weighted by atomic mass is 10.1. The maximum absolute atomic E-state index is 8.84. The van der Waals surface area contributed by atoms with Crippen molar-refractivity contribution >= 4 is 23.4 Å². The molecule has 1 N–H and O–H groups in total. The van der Waals surface area contributed by atoms with Crippen molar-refractivity contribution in [3.63, 3.8) is 0 Å². The lowest BCUT2D eigenvalue weighted by Crippen LogP contribution is -1.91. The van der Waals surface area contributed by atoms with Crippen LogP contribution >= 0.6 is 23.4 Å². The Morgan fingerprint density at radius 3 is 2.76 bits per heavy atom. The van der Waals surface area contributed by atoms with Crippen molar-refractivity contribution < 1.29 is 9.84 Å². The Morgan fingerprint density at radius 1 is 1.24 bits per heavy atom. The Labute approximate surface area is 134 Å². The number of ether oxygens (including phenoxy) is 1. The summed E-state index contributed by atoms with van der Waals surface area (Å²) >= 11 is 7.82. The van der Waals surface area contributed by atoms with Crippen LogP contribution in [0.1, 0.15) is 11.1 Å². The number of thioether (sulfide) groups is 1. The molecule has 108 valence electrons. The normalized spacial score (nSPS) is 9.86. The van der Waals surface area contributed by atoms with Gasteiger partial charge in [0.15, 0.2) is 0 Å². The van der Waals surface area contributed by atoms with Crippen LogP contribution in [0.3, 0.4) is 0 Å². The average Bonchev–Trinajstić information content (AvgIpc) is 2.52. The van der Waals surface area contributed by atoms with Gasteiger partial charge in [-0.3, -0.25) is 0 Å². The first kappa shape index (κ1) is 15.8. The van der Waals surface area contributed by atoms with E-state index in [1.54, 1.807) is 18.9 Å². The molecule has 2 nitrogen and oxygen atoms in total. The van der Waals surface area contributed by atoms with Crippen molar-refractivity contribution in [2.75, 3.05) is 13.7 Å². The minimum atomic E-state index is -0.150. The van der Waals surface area contributed by atoms with Crippen molar-refractivity contribution in [1.82, 2.24) is 0 Å². The van der Waals surface area contributed by atoms with E-state index in [0.717, 1.165) is 32.5 Å². The fourth-order valence-electron chi connectivity index (χ4n) is 1.79. The monoisotopic (exact) mass is 318 g/mol. The molecule has 21 heavy (non-hydrogen) atoms. The molecular formula is C17H15ClO2S. The highest BCUT2D eigenvalue weighted by Gasteiger charge is 2.06. The van der Waals surface area contributed by atoms with Crippen LogP contribution in [0, 0.1) is 11.8 Å². The van der Waals surface area contributed by atoms with E-state index in [1.165, 1.54) is 0 Å². The van der Waals surface area contributed by atoms with E-state index in [4.69, 9.17) is 21.4 Å². The molecule has 0 atom stereocenters. The molecule has 0 bridgehead atoms. The molecule has 0 unspecified atom stereocenters. The van der Waals surface area contributed by atoms with E-state index in [0.29, 0.717) is 0 Å². The van der Waals surface area contributed by atoms with E-state index >= 15 is 0 Å². The summed E-state index contributed by atoms with van der Waals surface area (Å²) < 4.78 is 5.26. The van der Waals surface area contributed by atoms with Crippen LogP contribution < -0.4 is 4.74 Å². The first-order valence-electron chi connectivity index (χ1n) is 6.38. The largest absolute Gasteiger partial charge is 0.497 e. The highest BCUT2D eigenvalue weighted by molar-refractivity contribution is 7.98. The molecule has 0 amide bonds. The topological polar surface area (TPSA) is 29.5 Å². The fourth-order valence-corrected chi connectivity index (χ4v) is 3.02. The summed E-state index contributed by atoms with van der Waals surface area (Å²) in [6.07, 6.45) is 0. The lowest BCUT2D eigenvalue weighted by Gasteiger charge is -2.08. The summed E-state index contributed by atoms with van der Waals surface area (Å²) in [6.45, 7) is -0.150. The minimum absolute atomic E-state index is 0.150.